The van der Waals surface area contributed by atoms with Crippen LogP contribution in [0.4, 0.5) is 17.6 Å². The summed E-state index contributed by atoms with van der Waals surface area (Å²) in [5.74, 6) is -2.44. The van der Waals surface area contributed by atoms with Gasteiger partial charge < -0.3 is 5.32 Å². The Bertz CT molecular complexity index is 802. The maximum absolute atomic E-state index is 13.9. The topological polar surface area (TPSA) is 54.9 Å². The SMILES string of the molecule is O=C(NCC(CC1CC1)c1cnc(C(F)(F)F)nc1)c1c(F)cccc1Cl. The average Bonchev–Trinajstić information content (AvgIpc) is 3.42. The number of rotatable bonds is 6. The number of alkyl halides is 3. The third kappa shape index (κ3) is 4.94. The predicted molar refractivity (Wildman–Crippen MR) is 90.9 cm³/mol. The van der Waals surface area contributed by atoms with Crippen LogP contribution in [0, 0.1) is 11.7 Å². The molecule has 3 rings (SSSR count). The van der Waals surface area contributed by atoms with Crippen molar-refractivity contribution >= 4 is 17.5 Å². The number of nitrogens with zero attached hydrogens (tertiary/aromatic N) is 2. The third-order valence-corrected chi connectivity index (χ3v) is 4.73. The van der Waals surface area contributed by atoms with E-state index in [1.165, 1.54) is 12.1 Å². The zero-order chi connectivity index (χ0) is 19.6. The van der Waals surface area contributed by atoms with E-state index in [1.807, 2.05) is 0 Å². The molecule has 1 aliphatic carbocycles. The molecular formula is C18H16ClF4N3O. The lowest BCUT2D eigenvalue weighted by Gasteiger charge is -2.18. The Morgan fingerprint density at radius 3 is 2.48 bits per heavy atom. The summed E-state index contributed by atoms with van der Waals surface area (Å²) < 4.78 is 51.7. The Labute approximate surface area is 158 Å². The van der Waals surface area contributed by atoms with Crippen molar-refractivity contribution in [3.8, 4) is 0 Å². The Kier molecular flexibility index (Phi) is 5.64. The molecule has 0 aliphatic heterocycles. The molecule has 27 heavy (non-hydrogen) atoms. The van der Waals surface area contributed by atoms with Gasteiger partial charge in [0, 0.05) is 24.9 Å². The number of amides is 1. The van der Waals surface area contributed by atoms with Crippen LogP contribution in [0.1, 0.15) is 46.9 Å². The standard InChI is InChI=1S/C18H16ClF4N3O/c19-13-2-1-3-14(20)15(13)16(27)24-7-11(6-10-4-5-10)12-8-25-17(26-9-12)18(21,22)23/h1-3,8-11H,4-7H2,(H,24,27). The molecule has 1 N–H and O–H groups in total. The summed E-state index contributed by atoms with van der Waals surface area (Å²) in [4.78, 5) is 19.1. The highest BCUT2D eigenvalue weighted by atomic mass is 35.5. The molecule has 1 atom stereocenters. The molecule has 144 valence electrons. The molecule has 0 saturated heterocycles. The first-order chi connectivity index (χ1) is 12.8. The van der Waals surface area contributed by atoms with E-state index >= 15 is 0 Å². The average molecular weight is 402 g/mol. The fourth-order valence-corrected chi connectivity index (χ4v) is 3.06. The van der Waals surface area contributed by atoms with Gasteiger partial charge in [-0.25, -0.2) is 14.4 Å². The number of nitrogens with one attached hydrogen (secondary N) is 1. The molecule has 1 aromatic heterocycles. The lowest BCUT2D eigenvalue weighted by Crippen LogP contribution is -2.30. The minimum Gasteiger partial charge on any atom is -0.351 e. The normalized spacial score (nSPS) is 15.4. The Morgan fingerprint density at radius 1 is 1.26 bits per heavy atom. The first kappa shape index (κ1) is 19.5. The van der Waals surface area contributed by atoms with Crippen LogP contribution in [0.5, 0.6) is 0 Å². The van der Waals surface area contributed by atoms with Gasteiger partial charge in [-0.05, 0) is 30.0 Å². The van der Waals surface area contributed by atoms with E-state index in [0.29, 0.717) is 17.9 Å². The first-order valence-electron chi connectivity index (χ1n) is 8.37. The van der Waals surface area contributed by atoms with Crippen LogP contribution in [-0.4, -0.2) is 22.4 Å². The Balaban J connectivity index is 1.73. The van der Waals surface area contributed by atoms with Gasteiger partial charge in [-0.2, -0.15) is 13.2 Å². The number of hydrogen-bond acceptors (Lipinski definition) is 3. The number of halogens is 5. The molecule has 1 saturated carbocycles. The van der Waals surface area contributed by atoms with Crippen molar-refractivity contribution in [2.45, 2.75) is 31.4 Å². The second kappa shape index (κ2) is 7.80. The van der Waals surface area contributed by atoms with Gasteiger partial charge in [0.15, 0.2) is 0 Å². The quantitative estimate of drug-likeness (QED) is 0.720. The number of benzene rings is 1. The van der Waals surface area contributed by atoms with E-state index in [2.05, 4.69) is 15.3 Å². The van der Waals surface area contributed by atoms with E-state index in [-0.39, 0.29) is 23.0 Å². The molecule has 1 unspecified atom stereocenters. The molecule has 0 bridgehead atoms. The summed E-state index contributed by atoms with van der Waals surface area (Å²) in [6.07, 6.45) is 0.396. The zero-order valence-electron chi connectivity index (χ0n) is 14.1. The van der Waals surface area contributed by atoms with Crippen molar-refractivity contribution in [1.82, 2.24) is 15.3 Å². The molecule has 0 radical (unpaired) electrons. The number of aromatic nitrogens is 2. The molecule has 4 nitrogen and oxygen atoms in total. The molecule has 1 aromatic carbocycles. The highest BCUT2D eigenvalue weighted by molar-refractivity contribution is 6.33. The fraction of sp³-hybridized carbons (Fsp3) is 0.389. The molecule has 1 aliphatic rings. The van der Waals surface area contributed by atoms with Gasteiger partial charge in [0.25, 0.3) is 5.91 Å². The van der Waals surface area contributed by atoms with E-state index in [9.17, 15) is 22.4 Å². The van der Waals surface area contributed by atoms with E-state index in [0.717, 1.165) is 31.3 Å². The maximum atomic E-state index is 13.9. The van der Waals surface area contributed by atoms with Crippen LogP contribution in [0.25, 0.3) is 0 Å². The van der Waals surface area contributed by atoms with Crippen molar-refractivity contribution in [1.29, 1.82) is 0 Å². The van der Waals surface area contributed by atoms with Gasteiger partial charge in [-0.1, -0.05) is 30.5 Å². The van der Waals surface area contributed by atoms with Gasteiger partial charge in [-0.3, -0.25) is 4.79 Å². The van der Waals surface area contributed by atoms with Gasteiger partial charge in [-0.15, -0.1) is 0 Å². The van der Waals surface area contributed by atoms with Crippen LogP contribution in [0.3, 0.4) is 0 Å². The van der Waals surface area contributed by atoms with Gasteiger partial charge in [0.2, 0.25) is 5.82 Å². The van der Waals surface area contributed by atoms with E-state index in [4.69, 9.17) is 11.6 Å². The summed E-state index contributed by atoms with van der Waals surface area (Å²) in [5.41, 5.74) is 0.239. The van der Waals surface area contributed by atoms with Crippen molar-refractivity contribution in [3.05, 3.63) is 58.4 Å². The maximum Gasteiger partial charge on any atom is 0.451 e. The summed E-state index contributed by atoms with van der Waals surface area (Å²) in [6, 6.07) is 3.93. The molecule has 2 aromatic rings. The Hall–Kier alpha value is -2.22. The van der Waals surface area contributed by atoms with Crippen molar-refractivity contribution in [3.63, 3.8) is 0 Å². The molecule has 1 amide bonds. The second-order valence-electron chi connectivity index (χ2n) is 6.52. The summed E-state index contributed by atoms with van der Waals surface area (Å²) in [6.45, 7) is 0.120. The summed E-state index contributed by atoms with van der Waals surface area (Å²) in [7, 11) is 0. The van der Waals surface area contributed by atoms with Gasteiger partial charge in [0.1, 0.15) is 5.82 Å². The van der Waals surface area contributed by atoms with Crippen molar-refractivity contribution in [2.75, 3.05) is 6.54 Å². The predicted octanol–water partition coefficient (Wildman–Crippen LogP) is 4.60. The molecule has 0 spiro atoms. The first-order valence-corrected chi connectivity index (χ1v) is 8.75. The van der Waals surface area contributed by atoms with E-state index in [1.54, 1.807) is 0 Å². The monoisotopic (exact) mass is 401 g/mol. The van der Waals surface area contributed by atoms with E-state index < -0.39 is 23.7 Å². The third-order valence-electron chi connectivity index (χ3n) is 4.41. The van der Waals surface area contributed by atoms with Crippen LogP contribution in [-0.2, 0) is 6.18 Å². The molecular weight excluding hydrogens is 386 g/mol. The second-order valence-corrected chi connectivity index (χ2v) is 6.93. The number of carbonyl (C=O) groups is 1. The minimum absolute atomic E-state index is 0.0101. The summed E-state index contributed by atoms with van der Waals surface area (Å²) >= 11 is 5.88. The smallest absolute Gasteiger partial charge is 0.351 e. The van der Waals surface area contributed by atoms with Crippen LogP contribution in [0.15, 0.2) is 30.6 Å². The van der Waals surface area contributed by atoms with Crippen molar-refractivity contribution < 1.29 is 22.4 Å². The van der Waals surface area contributed by atoms with Gasteiger partial charge in [0.05, 0.1) is 10.6 Å². The molecule has 1 fully saturated rings. The Morgan fingerprint density at radius 2 is 1.93 bits per heavy atom. The molecule has 1 heterocycles. The lowest BCUT2D eigenvalue weighted by atomic mass is 9.95. The number of hydrogen-bond donors (Lipinski definition) is 1. The molecule has 9 heteroatoms. The zero-order valence-corrected chi connectivity index (χ0v) is 14.8. The van der Waals surface area contributed by atoms with Crippen LogP contribution >= 0.6 is 11.6 Å². The summed E-state index contributed by atoms with van der Waals surface area (Å²) in [5, 5.41) is 2.61. The van der Waals surface area contributed by atoms with Gasteiger partial charge >= 0.3 is 6.18 Å². The largest absolute Gasteiger partial charge is 0.451 e. The minimum atomic E-state index is -4.61. The highest BCUT2D eigenvalue weighted by Crippen LogP contribution is 2.38. The van der Waals surface area contributed by atoms with Crippen LogP contribution in [0.2, 0.25) is 5.02 Å². The lowest BCUT2D eigenvalue weighted by molar-refractivity contribution is -0.145. The number of carbonyl (C=O) groups excluding carboxylic acids is 1. The fourth-order valence-electron chi connectivity index (χ4n) is 2.81. The highest BCUT2D eigenvalue weighted by Gasteiger charge is 2.35. The van der Waals surface area contributed by atoms with Crippen molar-refractivity contribution in [2.24, 2.45) is 5.92 Å². The van der Waals surface area contributed by atoms with Crippen LogP contribution < -0.4 is 5.32 Å².